The van der Waals surface area contributed by atoms with Crippen LogP contribution in [-0.2, 0) is 4.79 Å². The van der Waals surface area contributed by atoms with Gasteiger partial charge in [0.25, 0.3) is 5.91 Å². The zero-order valence-electron chi connectivity index (χ0n) is 14.3. The molecule has 1 atom stereocenters. The molecule has 4 rings (SSSR count). The van der Waals surface area contributed by atoms with Crippen LogP contribution in [-0.4, -0.2) is 52.5 Å². The van der Waals surface area contributed by atoms with E-state index in [1.807, 2.05) is 6.07 Å². The van der Waals surface area contributed by atoms with Crippen molar-refractivity contribution in [3.05, 3.63) is 35.5 Å². The number of carbonyl (C=O) groups excluding carboxylic acids is 2. The standard InChI is InChI=1S/C19H20N4O3/c20-9-12-2-1-3-14-17(12)13(10-21-14)18(26)23-6-4-19(5-7-23)8-16(25)22-11-15(19)24/h1-3,10,15,21,24H,4-8,11H2,(H,22,25). The number of β-amino-alcohol motifs (C(OH)–C–C–N with tert-alkyl or cyclic N) is 1. The third-order valence-electron chi connectivity index (χ3n) is 5.82. The molecular formula is C19H20N4O3. The van der Waals surface area contributed by atoms with E-state index in [9.17, 15) is 20.0 Å². The number of nitrogens with one attached hydrogen (secondary N) is 2. The molecule has 0 radical (unpaired) electrons. The minimum atomic E-state index is -0.573. The van der Waals surface area contributed by atoms with Crippen LogP contribution in [0, 0.1) is 16.7 Å². The van der Waals surface area contributed by atoms with E-state index in [4.69, 9.17) is 0 Å². The van der Waals surface area contributed by atoms with Gasteiger partial charge in [-0.3, -0.25) is 9.59 Å². The van der Waals surface area contributed by atoms with Gasteiger partial charge in [-0.15, -0.1) is 0 Å². The van der Waals surface area contributed by atoms with Crippen molar-refractivity contribution in [1.82, 2.24) is 15.2 Å². The van der Waals surface area contributed by atoms with Crippen LogP contribution in [0.2, 0.25) is 0 Å². The first-order valence-corrected chi connectivity index (χ1v) is 8.78. The highest BCUT2D eigenvalue weighted by Gasteiger charge is 2.45. The molecule has 3 heterocycles. The van der Waals surface area contributed by atoms with E-state index in [0.29, 0.717) is 48.9 Å². The molecule has 1 unspecified atom stereocenters. The predicted octanol–water partition coefficient (Wildman–Crippen LogP) is 1.14. The van der Waals surface area contributed by atoms with Gasteiger partial charge in [-0.05, 0) is 25.0 Å². The van der Waals surface area contributed by atoms with E-state index in [2.05, 4.69) is 16.4 Å². The Labute approximate surface area is 150 Å². The lowest BCUT2D eigenvalue weighted by Gasteiger charge is -2.46. The van der Waals surface area contributed by atoms with Crippen molar-refractivity contribution in [2.75, 3.05) is 19.6 Å². The minimum absolute atomic E-state index is 0.0367. The number of aromatic amines is 1. The normalized spacial score (nSPS) is 22.2. The van der Waals surface area contributed by atoms with Crippen molar-refractivity contribution in [2.24, 2.45) is 5.41 Å². The number of aliphatic hydroxyl groups is 1. The van der Waals surface area contributed by atoms with Crippen molar-refractivity contribution in [3.63, 3.8) is 0 Å². The average molecular weight is 352 g/mol. The summed E-state index contributed by atoms with van der Waals surface area (Å²) in [6, 6.07) is 7.47. The monoisotopic (exact) mass is 352 g/mol. The van der Waals surface area contributed by atoms with Crippen LogP contribution in [0.5, 0.6) is 0 Å². The summed E-state index contributed by atoms with van der Waals surface area (Å²) in [5, 5.41) is 23.0. The average Bonchev–Trinajstić information content (AvgIpc) is 3.09. The van der Waals surface area contributed by atoms with E-state index < -0.39 is 11.5 Å². The maximum absolute atomic E-state index is 13.0. The predicted molar refractivity (Wildman–Crippen MR) is 94.2 cm³/mol. The number of likely N-dealkylation sites (tertiary alicyclic amines) is 1. The Bertz CT molecular complexity index is 918. The van der Waals surface area contributed by atoms with Gasteiger partial charge < -0.3 is 20.3 Å². The second-order valence-electron chi connectivity index (χ2n) is 7.19. The van der Waals surface area contributed by atoms with Gasteiger partial charge >= 0.3 is 0 Å². The van der Waals surface area contributed by atoms with Crippen LogP contribution in [0.4, 0.5) is 0 Å². The summed E-state index contributed by atoms with van der Waals surface area (Å²) in [6.45, 7) is 1.26. The number of carbonyl (C=O) groups is 2. The Hall–Kier alpha value is -2.85. The summed E-state index contributed by atoms with van der Waals surface area (Å²) < 4.78 is 0. The highest BCUT2D eigenvalue weighted by molar-refractivity contribution is 6.08. The molecule has 2 aliphatic rings. The number of H-pyrrole nitrogens is 1. The Morgan fingerprint density at radius 3 is 2.85 bits per heavy atom. The van der Waals surface area contributed by atoms with Crippen LogP contribution >= 0.6 is 0 Å². The molecular weight excluding hydrogens is 332 g/mol. The third kappa shape index (κ3) is 2.54. The SMILES string of the molecule is N#Cc1cccc2[nH]cc(C(=O)N3CCC4(CC3)CC(=O)NCC4O)c12. The van der Waals surface area contributed by atoms with Gasteiger partial charge in [-0.2, -0.15) is 5.26 Å². The summed E-state index contributed by atoms with van der Waals surface area (Å²) in [5.41, 5.74) is 1.30. The fourth-order valence-electron chi connectivity index (χ4n) is 4.21. The Balaban J connectivity index is 1.56. The number of amides is 2. The number of benzene rings is 1. The zero-order valence-corrected chi connectivity index (χ0v) is 14.3. The molecule has 7 nitrogen and oxygen atoms in total. The summed E-state index contributed by atoms with van der Waals surface area (Å²) in [5.74, 6) is -0.158. The molecule has 3 N–H and O–H groups in total. The highest BCUT2D eigenvalue weighted by Crippen LogP contribution is 2.40. The minimum Gasteiger partial charge on any atom is -0.391 e. The van der Waals surface area contributed by atoms with Gasteiger partial charge in [0.05, 0.1) is 23.3 Å². The Kier molecular flexibility index (Phi) is 3.93. The highest BCUT2D eigenvalue weighted by atomic mass is 16.3. The molecule has 0 saturated carbocycles. The Morgan fingerprint density at radius 2 is 2.12 bits per heavy atom. The van der Waals surface area contributed by atoms with Crippen LogP contribution in [0.1, 0.15) is 35.2 Å². The summed E-state index contributed by atoms with van der Waals surface area (Å²) in [4.78, 5) is 29.6. The quantitative estimate of drug-likeness (QED) is 0.715. The molecule has 2 fully saturated rings. The second kappa shape index (κ2) is 6.15. The van der Waals surface area contributed by atoms with Crippen molar-refractivity contribution in [1.29, 1.82) is 5.26 Å². The summed E-state index contributed by atoms with van der Waals surface area (Å²) >= 11 is 0. The van der Waals surface area contributed by atoms with Crippen LogP contribution < -0.4 is 5.32 Å². The largest absolute Gasteiger partial charge is 0.391 e. The molecule has 1 aromatic heterocycles. The Morgan fingerprint density at radius 1 is 1.35 bits per heavy atom. The molecule has 0 aliphatic carbocycles. The molecule has 26 heavy (non-hydrogen) atoms. The second-order valence-corrected chi connectivity index (χ2v) is 7.19. The molecule has 2 aromatic rings. The van der Waals surface area contributed by atoms with Gasteiger partial charge in [-0.1, -0.05) is 6.07 Å². The van der Waals surface area contributed by atoms with Gasteiger partial charge in [0.15, 0.2) is 0 Å². The van der Waals surface area contributed by atoms with Crippen molar-refractivity contribution in [3.8, 4) is 6.07 Å². The number of piperidine rings is 2. The van der Waals surface area contributed by atoms with E-state index in [-0.39, 0.29) is 18.4 Å². The topological polar surface area (TPSA) is 109 Å². The number of hydrogen-bond acceptors (Lipinski definition) is 4. The summed E-state index contributed by atoms with van der Waals surface area (Å²) in [6.07, 6.45) is 2.58. The number of aliphatic hydroxyl groups excluding tert-OH is 1. The van der Waals surface area contributed by atoms with Gasteiger partial charge in [-0.25, -0.2) is 0 Å². The first kappa shape index (κ1) is 16.6. The van der Waals surface area contributed by atoms with Crippen LogP contribution in [0.15, 0.2) is 24.4 Å². The maximum atomic E-state index is 13.0. The van der Waals surface area contributed by atoms with Crippen molar-refractivity contribution in [2.45, 2.75) is 25.4 Å². The summed E-state index contributed by atoms with van der Waals surface area (Å²) in [7, 11) is 0. The fraction of sp³-hybridized carbons (Fsp3) is 0.421. The molecule has 2 aliphatic heterocycles. The molecule has 1 spiro atoms. The van der Waals surface area contributed by atoms with Crippen LogP contribution in [0.25, 0.3) is 10.9 Å². The molecule has 134 valence electrons. The zero-order chi connectivity index (χ0) is 18.3. The van der Waals surface area contributed by atoms with Crippen molar-refractivity contribution >= 4 is 22.7 Å². The first-order valence-electron chi connectivity index (χ1n) is 8.78. The van der Waals surface area contributed by atoms with Gasteiger partial charge in [0, 0.05) is 48.6 Å². The van der Waals surface area contributed by atoms with E-state index in [0.717, 1.165) is 5.52 Å². The number of aromatic nitrogens is 1. The van der Waals surface area contributed by atoms with Crippen LogP contribution in [0.3, 0.4) is 0 Å². The number of fused-ring (bicyclic) bond motifs is 1. The van der Waals surface area contributed by atoms with Gasteiger partial charge in [0.1, 0.15) is 0 Å². The lowest BCUT2D eigenvalue weighted by Crippen LogP contribution is -2.56. The molecule has 2 saturated heterocycles. The first-order chi connectivity index (χ1) is 12.5. The van der Waals surface area contributed by atoms with E-state index >= 15 is 0 Å². The number of nitriles is 1. The maximum Gasteiger partial charge on any atom is 0.256 e. The smallest absolute Gasteiger partial charge is 0.256 e. The molecule has 1 aromatic carbocycles. The molecule has 0 bridgehead atoms. The number of rotatable bonds is 1. The van der Waals surface area contributed by atoms with Crippen molar-refractivity contribution < 1.29 is 14.7 Å². The van der Waals surface area contributed by atoms with E-state index in [1.165, 1.54) is 0 Å². The molecule has 7 heteroatoms. The van der Waals surface area contributed by atoms with E-state index in [1.54, 1.807) is 23.2 Å². The number of nitrogens with zero attached hydrogens (tertiary/aromatic N) is 2. The lowest BCUT2D eigenvalue weighted by molar-refractivity contribution is -0.134. The lowest BCUT2D eigenvalue weighted by atomic mass is 9.69. The number of hydrogen-bond donors (Lipinski definition) is 3. The third-order valence-corrected chi connectivity index (χ3v) is 5.82. The van der Waals surface area contributed by atoms with Gasteiger partial charge in [0.2, 0.25) is 5.91 Å². The fourth-order valence-corrected chi connectivity index (χ4v) is 4.21. The molecule has 2 amide bonds.